The summed E-state index contributed by atoms with van der Waals surface area (Å²) in [7, 11) is 0. The minimum atomic E-state index is 0.320. The molecule has 0 fully saturated rings. The van der Waals surface area contributed by atoms with Gasteiger partial charge in [-0.15, -0.1) is 0 Å². The molecule has 0 saturated carbocycles. The van der Waals surface area contributed by atoms with Crippen LogP contribution in [-0.2, 0) is 6.61 Å². The van der Waals surface area contributed by atoms with E-state index in [2.05, 4.69) is 9.97 Å². The average molecular weight is 254 g/mol. The van der Waals surface area contributed by atoms with Gasteiger partial charge in [0.05, 0.1) is 11.7 Å². The highest BCUT2D eigenvalue weighted by Gasteiger charge is 2.06. The second kappa shape index (κ2) is 4.72. The third-order valence-electron chi connectivity index (χ3n) is 2.85. The first-order valence-corrected chi connectivity index (χ1v) is 6.13. The van der Waals surface area contributed by atoms with Gasteiger partial charge in [0.2, 0.25) is 5.89 Å². The summed E-state index contributed by atoms with van der Waals surface area (Å²) in [6.45, 7) is 4.16. The SMILES string of the molecule is Cc1ccc2c(OCc3ncc(C)o3)cccc2n1. The number of aryl methyl sites for hydroxylation is 2. The molecule has 4 nitrogen and oxygen atoms in total. The van der Waals surface area contributed by atoms with Crippen LogP contribution in [0.1, 0.15) is 17.3 Å². The molecular formula is C15H14N2O2. The Morgan fingerprint density at radius 3 is 2.84 bits per heavy atom. The number of benzene rings is 1. The van der Waals surface area contributed by atoms with E-state index >= 15 is 0 Å². The van der Waals surface area contributed by atoms with E-state index in [0.717, 1.165) is 28.1 Å². The van der Waals surface area contributed by atoms with Crippen molar-refractivity contribution in [1.29, 1.82) is 0 Å². The monoisotopic (exact) mass is 254 g/mol. The summed E-state index contributed by atoms with van der Waals surface area (Å²) in [5.74, 6) is 2.16. The van der Waals surface area contributed by atoms with Crippen LogP contribution in [0.15, 0.2) is 40.9 Å². The zero-order chi connectivity index (χ0) is 13.2. The molecule has 0 atom stereocenters. The van der Waals surface area contributed by atoms with Crippen molar-refractivity contribution >= 4 is 10.9 Å². The van der Waals surface area contributed by atoms with Gasteiger partial charge >= 0.3 is 0 Å². The van der Waals surface area contributed by atoms with Gasteiger partial charge in [-0.05, 0) is 38.1 Å². The minimum absolute atomic E-state index is 0.320. The summed E-state index contributed by atoms with van der Waals surface area (Å²) in [4.78, 5) is 8.59. The van der Waals surface area contributed by atoms with Crippen molar-refractivity contribution in [3.8, 4) is 5.75 Å². The maximum absolute atomic E-state index is 5.76. The molecule has 1 aromatic carbocycles. The van der Waals surface area contributed by atoms with Gasteiger partial charge in [-0.1, -0.05) is 6.07 Å². The van der Waals surface area contributed by atoms with Gasteiger partial charge in [0.15, 0.2) is 6.61 Å². The Kier molecular flexibility index (Phi) is 2.91. The number of hydrogen-bond acceptors (Lipinski definition) is 4. The molecule has 19 heavy (non-hydrogen) atoms. The third kappa shape index (κ3) is 2.42. The molecule has 0 saturated heterocycles. The van der Waals surface area contributed by atoms with Gasteiger partial charge < -0.3 is 9.15 Å². The predicted octanol–water partition coefficient (Wildman–Crippen LogP) is 3.42. The van der Waals surface area contributed by atoms with Crippen LogP contribution in [0.5, 0.6) is 5.75 Å². The van der Waals surface area contributed by atoms with Gasteiger partial charge in [0.25, 0.3) is 0 Å². The van der Waals surface area contributed by atoms with E-state index in [1.807, 2.05) is 44.2 Å². The topological polar surface area (TPSA) is 48.2 Å². The Hall–Kier alpha value is -2.36. The lowest BCUT2D eigenvalue weighted by Gasteiger charge is -2.07. The number of oxazole rings is 1. The van der Waals surface area contributed by atoms with E-state index in [1.165, 1.54) is 0 Å². The van der Waals surface area contributed by atoms with Crippen LogP contribution in [0.25, 0.3) is 10.9 Å². The lowest BCUT2D eigenvalue weighted by Crippen LogP contribution is -1.96. The number of rotatable bonds is 3. The van der Waals surface area contributed by atoms with E-state index < -0.39 is 0 Å². The van der Waals surface area contributed by atoms with E-state index in [0.29, 0.717) is 12.5 Å². The second-order valence-corrected chi connectivity index (χ2v) is 4.43. The summed E-state index contributed by atoms with van der Waals surface area (Å²) in [6.07, 6.45) is 1.69. The fourth-order valence-corrected chi connectivity index (χ4v) is 1.96. The van der Waals surface area contributed by atoms with Crippen LogP contribution in [0.4, 0.5) is 0 Å². The summed E-state index contributed by atoms with van der Waals surface area (Å²) in [6, 6.07) is 9.84. The molecule has 0 spiro atoms. The molecule has 2 aromatic heterocycles. The van der Waals surface area contributed by atoms with Crippen LogP contribution in [0.2, 0.25) is 0 Å². The summed E-state index contributed by atoms with van der Waals surface area (Å²) in [5.41, 5.74) is 1.93. The molecule has 0 aliphatic rings. The first kappa shape index (κ1) is 11.7. The van der Waals surface area contributed by atoms with Crippen LogP contribution in [-0.4, -0.2) is 9.97 Å². The lowest BCUT2D eigenvalue weighted by molar-refractivity contribution is 0.263. The molecule has 0 amide bonds. The number of pyridine rings is 1. The van der Waals surface area contributed by atoms with Crippen LogP contribution >= 0.6 is 0 Å². The average Bonchev–Trinajstić information content (AvgIpc) is 2.81. The highest BCUT2D eigenvalue weighted by molar-refractivity contribution is 5.85. The Morgan fingerprint density at radius 2 is 2.05 bits per heavy atom. The van der Waals surface area contributed by atoms with E-state index in [1.54, 1.807) is 6.20 Å². The molecule has 3 aromatic rings. The molecule has 0 radical (unpaired) electrons. The molecule has 0 bridgehead atoms. The predicted molar refractivity (Wildman–Crippen MR) is 72.1 cm³/mol. The Bertz CT molecular complexity index is 719. The fourth-order valence-electron chi connectivity index (χ4n) is 1.96. The number of ether oxygens (including phenoxy) is 1. The van der Waals surface area contributed by atoms with E-state index in [-0.39, 0.29) is 0 Å². The summed E-state index contributed by atoms with van der Waals surface area (Å²) in [5, 5.41) is 0.997. The quantitative estimate of drug-likeness (QED) is 0.718. The summed E-state index contributed by atoms with van der Waals surface area (Å²) >= 11 is 0. The highest BCUT2D eigenvalue weighted by atomic mass is 16.5. The molecule has 3 rings (SSSR count). The normalized spacial score (nSPS) is 10.8. The molecule has 0 aliphatic carbocycles. The Labute approximate surface area is 111 Å². The molecule has 0 N–H and O–H groups in total. The lowest BCUT2D eigenvalue weighted by atomic mass is 10.2. The van der Waals surface area contributed by atoms with Crippen molar-refractivity contribution in [1.82, 2.24) is 9.97 Å². The van der Waals surface area contributed by atoms with E-state index in [9.17, 15) is 0 Å². The zero-order valence-corrected chi connectivity index (χ0v) is 10.9. The second-order valence-electron chi connectivity index (χ2n) is 4.43. The van der Waals surface area contributed by atoms with Crippen LogP contribution < -0.4 is 4.74 Å². The zero-order valence-electron chi connectivity index (χ0n) is 10.9. The van der Waals surface area contributed by atoms with Gasteiger partial charge in [-0.2, -0.15) is 0 Å². The number of nitrogens with zero attached hydrogens (tertiary/aromatic N) is 2. The number of aromatic nitrogens is 2. The maximum atomic E-state index is 5.76. The number of hydrogen-bond donors (Lipinski definition) is 0. The van der Waals surface area contributed by atoms with Gasteiger partial charge in [-0.3, -0.25) is 4.98 Å². The first-order valence-electron chi connectivity index (χ1n) is 6.13. The molecular weight excluding hydrogens is 240 g/mol. The van der Waals surface area contributed by atoms with Crippen molar-refractivity contribution in [3.63, 3.8) is 0 Å². The molecule has 0 aliphatic heterocycles. The largest absolute Gasteiger partial charge is 0.483 e. The first-order chi connectivity index (χ1) is 9.22. The van der Waals surface area contributed by atoms with Crippen LogP contribution in [0, 0.1) is 13.8 Å². The standard InChI is InChI=1S/C15H14N2O2/c1-10-6-7-12-13(17-10)4-3-5-14(12)18-9-15-16-8-11(2)19-15/h3-8H,9H2,1-2H3. The molecule has 4 heteroatoms. The maximum Gasteiger partial charge on any atom is 0.232 e. The van der Waals surface area contributed by atoms with Gasteiger partial charge in [0.1, 0.15) is 11.5 Å². The highest BCUT2D eigenvalue weighted by Crippen LogP contribution is 2.25. The molecule has 0 unspecified atom stereocenters. The van der Waals surface area contributed by atoms with E-state index in [4.69, 9.17) is 9.15 Å². The van der Waals surface area contributed by atoms with Crippen molar-refractivity contribution in [2.45, 2.75) is 20.5 Å². The molecule has 96 valence electrons. The van der Waals surface area contributed by atoms with Crippen molar-refractivity contribution < 1.29 is 9.15 Å². The fraction of sp³-hybridized carbons (Fsp3) is 0.200. The van der Waals surface area contributed by atoms with Crippen molar-refractivity contribution in [2.75, 3.05) is 0 Å². The van der Waals surface area contributed by atoms with Crippen molar-refractivity contribution in [3.05, 3.63) is 53.9 Å². The van der Waals surface area contributed by atoms with Gasteiger partial charge in [-0.25, -0.2) is 4.98 Å². The molecule has 2 heterocycles. The number of fused-ring (bicyclic) bond motifs is 1. The van der Waals surface area contributed by atoms with Crippen LogP contribution in [0.3, 0.4) is 0 Å². The smallest absolute Gasteiger partial charge is 0.232 e. The minimum Gasteiger partial charge on any atom is -0.483 e. The summed E-state index contributed by atoms with van der Waals surface area (Å²) < 4.78 is 11.1. The third-order valence-corrected chi connectivity index (χ3v) is 2.85. The van der Waals surface area contributed by atoms with Gasteiger partial charge in [0, 0.05) is 11.1 Å². The Balaban J connectivity index is 1.88. The Morgan fingerprint density at radius 1 is 1.16 bits per heavy atom. The van der Waals surface area contributed by atoms with Crippen molar-refractivity contribution in [2.24, 2.45) is 0 Å².